The van der Waals surface area contributed by atoms with Crippen molar-refractivity contribution in [1.29, 1.82) is 0 Å². The van der Waals surface area contributed by atoms with Crippen molar-refractivity contribution in [2.75, 3.05) is 38.3 Å². The summed E-state index contributed by atoms with van der Waals surface area (Å²) in [7, 11) is 3.64. The molecule has 0 aliphatic carbocycles. The Labute approximate surface area is 170 Å². The maximum absolute atomic E-state index is 6.10. The number of aliphatic imine (C=N–C) groups is 1. The highest BCUT2D eigenvalue weighted by Gasteiger charge is 2.11. The van der Waals surface area contributed by atoms with Gasteiger partial charge in [0.15, 0.2) is 5.96 Å². The van der Waals surface area contributed by atoms with E-state index >= 15 is 0 Å². The summed E-state index contributed by atoms with van der Waals surface area (Å²) < 4.78 is 7.26. The molecule has 1 aliphatic rings. The van der Waals surface area contributed by atoms with E-state index in [2.05, 4.69) is 44.8 Å². The molecule has 3 rings (SSSR count). The molecule has 0 unspecified atom stereocenters. The summed E-state index contributed by atoms with van der Waals surface area (Å²) in [4.78, 5) is 6.61. The van der Waals surface area contributed by atoms with Crippen LogP contribution < -0.4 is 15.5 Å². The molecule has 0 radical (unpaired) electrons. The van der Waals surface area contributed by atoms with Gasteiger partial charge in [-0.3, -0.25) is 4.99 Å². The number of anilines is 1. The van der Waals surface area contributed by atoms with E-state index < -0.39 is 0 Å². The van der Waals surface area contributed by atoms with Crippen molar-refractivity contribution in [2.45, 2.75) is 13.1 Å². The van der Waals surface area contributed by atoms with E-state index in [-0.39, 0.29) is 0 Å². The molecule has 1 saturated heterocycles. The Morgan fingerprint density at radius 3 is 2.37 bits per heavy atom. The minimum absolute atomic E-state index is 0.539. The Hall–Kier alpha value is -1.89. The minimum atomic E-state index is 0.539. The first-order chi connectivity index (χ1) is 13.1. The fourth-order valence-corrected chi connectivity index (χ4v) is 3.40. The highest BCUT2D eigenvalue weighted by Crippen LogP contribution is 2.24. The Balaban J connectivity index is 1.51. The van der Waals surface area contributed by atoms with E-state index in [1.165, 1.54) is 11.3 Å². The Morgan fingerprint density at radius 2 is 1.78 bits per heavy atom. The molecule has 0 saturated carbocycles. The minimum Gasteiger partial charge on any atom is -0.378 e. The number of hydrogen-bond acceptors (Lipinski definition) is 3. The molecule has 1 aromatic carbocycles. The van der Waals surface area contributed by atoms with Crippen molar-refractivity contribution in [2.24, 2.45) is 12.0 Å². The average Bonchev–Trinajstić information content (AvgIpc) is 2.96. The van der Waals surface area contributed by atoms with Crippen molar-refractivity contribution in [3.05, 3.63) is 51.8 Å². The van der Waals surface area contributed by atoms with Gasteiger partial charge in [0.05, 0.1) is 24.8 Å². The normalized spacial score (nSPS) is 15.1. The van der Waals surface area contributed by atoms with Gasteiger partial charge < -0.3 is 24.8 Å². The number of nitrogens with one attached hydrogen (secondary N) is 2. The van der Waals surface area contributed by atoms with Crippen LogP contribution in [0.3, 0.4) is 0 Å². The SMILES string of the molecule is CN=C(NCc1ccc(N2CCOCC2)cc1)NCc1cc(Cl)c(Cl)n1C. The van der Waals surface area contributed by atoms with Crippen molar-refractivity contribution in [1.82, 2.24) is 15.2 Å². The van der Waals surface area contributed by atoms with Gasteiger partial charge in [0, 0.05) is 45.1 Å². The number of hydrogen-bond donors (Lipinski definition) is 2. The Kier molecular flexibility index (Phi) is 6.88. The molecular weight excluding hydrogens is 385 g/mol. The molecule has 1 aliphatic heterocycles. The number of aromatic nitrogens is 1. The summed E-state index contributed by atoms with van der Waals surface area (Å²) in [6.45, 7) is 4.75. The maximum atomic E-state index is 6.10. The van der Waals surface area contributed by atoms with E-state index in [0.717, 1.165) is 38.0 Å². The molecule has 1 fully saturated rings. The van der Waals surface area contributed by atoms with Crippen molar-refractivity contribution >= 4 is 34.8 Å². The highest BCUT2D eigenvalue weighted by molar-refractivity contribution is 6.41. The summed E-state index contributed by atoms with van der Waals surface area (Å²) >= 11 is 12.2. The van der Waals surface area contributed by atoms with Gasteiger partial charge in [-0.2, -0.15) is 0 Å². The molecule has 1 aromatic heterocycles. The first-order valence-corrected chi connectivity index (χ1v) is 9.70. The molecule has 2 aromatic rings. The fraction of sp³-hybridized carbons (Fsp3) is 0.421. The molecule has 146 valence electrons. The lowest BCUT2D eigenvalue weighted by atomic mass is 10.2. The van der Waals surface area contributed by atoms with Crippen molar-refractivity contribution in [3.63, 3.8) is 0 Å². The van der Waals surface area contributed by atoms with E-state index in [1.807, 2.05) is 17.7 Å². The Bertz CT molecular complexity index is 782. The average molecular weight is 410 g/mol. The first kappa shape index (κ1) is 19.9. The summed E-state index contributed by atoms with van der Waals surface area (Å²) in [6, 6.07) is 10.5. The molecule has 8 heteroatoms. The fourth-order valence-electron chi connectivity index (χ4n) is 2.99. The molecule has 0 bridgehead atoms. The summed E-state index contributed by atoms with van der Waals surface area (Å²) in [5.74, 6) is 0.723. The van der Waals surface area contributed by atoms with Gasteiger partial charge in [-0.25, -0.2) is 0 Å². The first-order valence-electron chi connectivity index (χ1n) is 8.94. The maximum Gasteiger partial charge on any atom is 0.191 e. The van der Waals surface area contributed by atoms with E-state index in [1.54, 1.807) is 7.05 Å². The van der Waals surface area contributed by atoms with E-state index in [9.17, 15) is 0 Å². The lowest BCUT2D eigenvalue weighted by Crippen LogP contribution is -2.37. The molecule has 2 heterocycles. The standard InChI is InChI=1S/C19H25Cl2N5O/c1-22-19(24-13-16-11-17(20)18(21)25(16)2)23-12-14-3-5-15(6-4-14)26-7-9-27-10-8-26/h3-6,11H,7-10,12-13H2,1-2H3,(H2,22,23,24). The Morgan fingerprint density at radius 1 is 1.11 bits per heavy atom. The molecular formula is C19H25Cl2N5O. The number of halogens is 2. The second-order valence-corrected chi connectivity index (χ2v) is 7.14. The largest absolute Gasteiger partial charge is 0.378 e. The van der Waals surface area contributed by atoms with Crippen LogP contribution in [0, 0.1) is 0 Å². The van der Waals surface area contributed by atoms with Crippen LogP contribution in [0.4, 0.5) is 5.69 Å². The number of ether oxygens (including phenoxy) is 1. The second kappa shape index (κ2) is 9.35. The van der Waals surface area contributed by atoms with E-state index in [4.69, 9.17) is 27.9 Å². The van der Waals surface area contributed by atoms with Gasteiger partial charge in [0.1, 0.15) is 5.15 Å². The molecule has 6 nitrogen and oxygen atoms in total. The second-order valence-electron chi connectivity index (χ2n) is 6.38. The van der Waals surface area contributed by atoms with Crippen LogP contribution in [0.1, 0.15) is 11.3 Å². The van der Waals surface area contributed by atoms with Crippen molar-refractivity contribution < 1.29 is 4.74 Å². The quantitative estimate of drug-likeness (QED) is 0.588. The van der Waals surface area contributed by atoms with E-state index in [0.29, 0.717) is 23.3 Å². The number of guanidine groups is 1. The van der Waals surface area contributed by atoms with Gasteiger partial charge in [0.2, 0.25) is 0 Å². The van der Waals surface area contributed by atoms with Gasteiger partial charge in [-0.1, -0.05) is 35.3 Å². The molecule has 0 atom stereocenters. The molecule has 0 spiro atoms. The zero-order valence-corrected chi connectivity index (χ0v) is 17.1. The number of nitrogens with zero attached hydrogens (tertiary/aromatic N) is 3. The lowest BCUT2D eigenvalue weighted by Gasteiger charge is -2.28. The van der Waals surface area contributed by atoms with Gasteiger partial charge in [-0.15, -0.1) is 0 Å². The van der Waals surface area contributed by atoms with Gasteiger partial charge in [0.25, 0.3) is 0 Å². The third-order valence-corrected chi connectivity index (χ3v) is 5.49. The predicted molar refractivity (Wildman–Crippen MR) is 112 cm³/mol. The predicted octanol–water partition coefficient (Wildman–Crippen LogP) is 3.03. The monoisotopic (exact) mass is 409 g/mol. The van der Waals surface area contributed by atoms with Crippen LogP contribution in [0.2, 0.25) is 10.2 Å². The third-order valence-electron chi connectivity index (χ3n) is 4.65. The van der Waals surface area contributed by atoms with Crippen molar-refractivity contribution in [3.8, 4) is 0 Å². The van der Waals surface area contributed by atoms with Crippen LogP contribution in [0.5, 0.6) is 0 Å². The van der Waals surface area contributed by atoms with Gasteiger partial charge >= 0.3 is 0 Å². The zero-order chi connectivity index (χ0) is 19.2. The molecule has 0 amide bonds. The van der Waals surface area contributed by atoms with Crippen LogP contribution in [0.25, 0.3) is 0 Å². The topological polar surface area (TPSA) is 53.8 Å². The number of benzene rings is 1. The number of rotatable bonds is 5. The molecule has 2 N–H and O–H groups in total. The lowest BCUT2D eigenvalue weighted by molar-refractivity contribution is 0.122. The number of morpholine rings is 1. The van der Waals surface area contributed by atoms with Crippen LogP contribution >= 0.6 is 23.2 Å². The summed E-state index contributed by atoms with van der Waals surface area (Å²) in [5, 5.41) is 7.70. The third kappa shape index (κ3) is 5.09. The van der Waals surface area contributed by atoms with Crippen LogP contribution in [-0.2, 0) is 24.9 Å². The van der Waals surface area contributed by atoms with Crippen LogP contribution in [-0.4, -0.2) is 43.9 Å². The smallest absolute Gasteiger partial charge is 0.191 e. The zero-order valence-electron chi connectivity index (χ0n) is 15.6. The summed E-state index contributed by atoms with van der Waals surface area (Å²) in [6.07, 6.45) is 0. The van der Waals surface area contributed by atoms with Crippen LogP contribution in [0.15, 0.2) is 35.3 Å². The molecule has 27 heavy (non-hydrogen) atoms. The summed E-state index contributed by atoms with van der Waals surface area (Å²) in [5.41, 5.74) is 3.42. The van der Waals surface area contributed by atoms with Gasteiger partial charge in [-0.05, 0) is 23.8 Å². The highest BCUT2D eigenvalue weighted by atomic mass is 35.5.